The minimum atomic E-state index is -1.54. The first-order valence-electron chi connectivity index (χ1n) is 13.8. The zero-order valence-electron chi connectivity index (χ0n) is 24.5. The Morgan fingerprint density at radius 3 is 2.41 bits per heavy atom. The Balaban J connectivity index is 1.71. The van der Waals surface area contributed by atoms with E-state index >= 15 is 0 Å². The molecule has 0 aliphatic carbocycles. The van der Waals surface area contributed by atoms with Gasteiger partial charge in [-0.15, -0.1) is 0 Å². The SMILES string of the molecule is COc1ccc(CO[C@H](C[C@@H]2CCC(=O)[C@](OC)(C(C)(C)C=CC(O)=S)O2)[C@@H](C)OCOCc2ccccc2)cc1. The number of Topliss-reactive ketones (excluding diaryl/α,β-unsaturated/α-hetero) is 1. The summed E-state index contributed by atoms with van der Waals surface area (Å²) in [5.41, 5.74) is 1.14. The van der Waals surface area contributed by atoms with Gasteiger partial charge in [0.1, 0.15) is 12.5 Å². The van der Waals surface area contributed by atoms with Crippen LogP contribution in [0, 0.1) is 5.41 Å². The van der Waals surface area contributed by atoms with Gasteiger partial charge < -0.3 is 33.5 Å². The quantitative estimate of drug-likeness (QED) is 0.108. The first-order valence-corrected chi connectivity index (χ1v) is 14.2. The van der Waals surface area contributed by atoms with Gasteiger partial charge in [-0.1, -0.05) is 62.4 Å². The maximum Gasteiger partial charge on any atom is 0.237 e. The summed E-state index contributed by atoms with van der Waals surface area (Å²) in [7, 11) is 3.09. The second kappa shape index (κ2) is 15.5. The standard InChI is InChI=1S/C32H42O8S/c1-23(39-22-37-20-24-9-7-6-8-10-24)28(38-21-25-11-13-26(35-4)14-12-25)19-27-15-16-29(33)32(36-5,40-27)31(2,3)18-17-30(34)41/h6-14,17-18,23,27-28H,15-16,19-22H2,1-5H3,(H,34,41)/t23-,27+,28-,32-/m1/s1. The van der Waals surface area contributed by atoms with Gasteiger partial charge >= 0.3 is 0 Å². The highest BCUT2D eigenvalue weighted by molar-refractivity contribution is 7.80. The molecule has 4 atom stereocenters. The molecule has 2 aromatic rings. The summed E-state index contributed by atoms with van der Waals surface area (Å²) >= 11 is 4.79. The summed E-state index contributed by atoms with van der Waals surface area (Å²) in [5, 5.41) is 9.25. The molecule has 1 saturated heterocycles. The fraction of sp³-hybridized carbons (Fsp3) is 0.500. The summed E-state index contributed by atoms with van der Waals surface area (Å²) < 4.78 is 35.7. The van der Waals surface area contributed by atoms with Crippen molar-refractivity contribution < 1.29 is 38.3 Å². The van der Waals surface area contributed by atoms with Gasteiger partial charge in [0.25, 0.3) is 0 Å². The van der Waals surface area contributed by atoms with Gasteiger partial charge in [-0.2, -0.15) is 0 Å². The molecular weight excluding hydrogens is 544 g/mol. The number of hydrogen-bond donors (Lipinski definition) is 1. The van der Waals surface area contributed by atoms with Crippen molar-refractivity contribution in [1.82, 2.24) is 0 Å². The lowest BCUT2D eigenvalue weighted by molar-refractivity contribution is -0.286. The number of ether oxygens (including phenoxy) is 6. The van der Waals surface area contributed by atoms with E-state index in [1.165, 1.54) is 13.2 Å². The third-order valence-corrected chi connectivity index (χ3v) is 7.48. The number of rotatable bonds is 16. The van der Waals surface area contributed by atoms with Crippen LogP contribution in [0.5, 0.6) is 5.75 Å². The third kappa shape index (κ3) is 9.16. The topological polar surface area (TPSA) is 92.7 Å². The van der Waals surface area contributed by atoms with Crippen molar-refractivity contribution in [3.63, 3.8) is 0 Å². The largest absolute Gasteiger partial charge is 0.499 e. The van der Waals surface area contributed by atoms with Crippen LogP contribution in [0.1, 0.15) is 51.2 Å². The molecule has 0 radical (unpaired) electrons. The number of hydrogen-bond acceptors (Lipinski definition) is 8. The fourth-order valence-corrected chi connectivity index (χ4v) is 4.95. The van der Waals surface area contributed by atoms with Crippen LogP contribution in [-0.4, -0.2) is 61.1 Å². The number of aliphatic hydroxyl groups excluding tert-OH is 1. The van der Waals surface area contributed by atoms with Crippen LogP contribution in [0.3, 0.4) is 0 Å². The van der Waals surface area contributed by atoms with E-state index in [-0.39, 0.29) is 42.4 Å². The minimum absolute atomic E-state index is 0.101. The highest BCUT2D eigenvalue weighted by atomic mass is 32.1. The Morgan fingerprint density at radius 2 is 1.78 bits per heavy atom. The zero-order valence-corrected chi connectivity index (χ0v) is 25.4. The molecule has 1 aliphatic heterocycles. The Labute approximate surface area is 248 Å². The van der Waals surface area contributed by atoms with Crippen molar-refractivity contribution in [3.8, 4) is 5.75 Å². The lowest BCUT2D eigenvalue weighted by Crippen LogP contribution is -2.59. The summed E-state index contributed by atoms with van der Waals surface area (Å²) in [5.74, 6) is -0.933. The van der Waals surface area contributed by atoms with Crippen molar-refractivity contribution in [2.75, 3.05) is 21.0 Å². The molecule has 1 N–H and O–H groups in total. The molecule has 1 fully saturated rings. The van der Waals surface area contributed by atoms with Crippen LogP contribution in [0.25, 0.3) is 0 Å². The molecule has 9 heteroatoms. The molecule has 3 rings (SSSR count). The van der Waals surface area contributed by atoms with E-state index in [0.29, 0.717) is 26.1 Å². The number of aliphatic hydroxyl groups is 1. The normalized spacial score (nSPS) is 21.1. The predicted molar refractivity (Wildman–Crippen MR) is 160 cm³/mol. The van der Waals surface area contributed by atoms with Gasteiger partial charge in [-0.05, 0) is 54.9 Å². The van der Waals surface area contributed by atoms with Crippen molar-refractivity contribution in [2.45, 2.75) is 77.3 Å². The number of ketones is 1. The van der Waals surface area contributed by atoms with Crippen LogP contribution in [0.2, 0.25) is 0 Å². The van der Waals surface area contributed by atoms with Crippen LogP contribution < -0.4 is 4.74 Å². The van der Waals surface area contributed by atoms with Gasteiger partial charge in [0.05, 0.1) is 38.6 Å². The van der Waals surface area contributed by atoms with Crippen molar-refractivity contribution in [1.29, 1.82) is 0 Å². The number of benzene rings is 2. The zero-order chi connectivity index (χ0) is 29.9. The first kappa shape index (κ1) is 32.8. The van der Waals surface area contributed by atoms with Crippen molar-refractivity contribution >= 4 is 23.1 Å². The molecule has 0 saturated carbocycles. The first-order chi connectivity index (χ1) is 19.6. The predicted octanol–water partition coefficient (Wildman–Crippen LogP) is 6.11. The maximum absolute atomic E-state index is 13.2. The van der Waals surface area contributed by atoms with Crippen molar-refractivity contribution in [3.05, 3.63) is 77.9 Å². The van der Waals surface area contributed by atoms with Crippen LogP contribution in [-0.2, 0) is 41.7 Å². The summed E-state index contributed by atoms with van der Waals surface area (Å²) in [6, 6.07) is 17.6. The molecule has 224 valence electrons. The highest BCUT2D eigenvalue weighted by Crippen LogP contribution is 2.43. The van der Waals surface area contributed by atoms with Gasteiger partial charge in [-0.25, -0.2) is 0 Å². The number of thiocarbonyl (C=S) groups is 1. The van der Waals surface area contributed by atoms with Crippen LogP contribution in [0.15, 0.2) is 66.7 Å². The molecule has 0 bridgehead atoms. The van der Waals surface area contributed by atoms with Gasteiger partial charge in [0.2, 0.25) is 5.79 Å². The van der Waals surface area contributed by atoms with E-state index in [4.69, 9.17) is 40.6 Å². The van der Waals surface area contributed by atoms with E-state index in [1.807, 2.05) is 75.4 Å². The Morgan fingerprint density at radius 1 is 1.10 bits per heavy atom. The smallest absolute Gasteiger partial charge is 0.237 e. The Kier molecular flexibility index (Phi) is 12.4. The molecule has 0 spiro atoms. The molecule has 2 aromatic carbocycles. The second-order valence-electron chi connectivity index (χ2n) is 10.7. The Hall–Kier alpha value is -2.66. The molecule has 1 aliphatic rings. The average Bonchev–Trinajstić information content (AvgIpc) is 2.97. The number of methoxy groups -OCH3 is 2. The third-order valence-electron chi connectivity index (χ3n) is 7.34. The van der Waals surface area contributed by atoms with E-state index in [2.05, 4.69) is 0 Å². The Bertz CT molecular complexity index is 1130. The van der Waals surface area contributed by atoms with Crippen molar-refractivity contribution in [2.24, 2.45) is 5.41 Å². The number of carbonyl (C=O) groups excluding carboxylic acids is 1. The number of carbonyl (C=O) groups is 1. The van der Waals surface area contributed by atoms with Crippen LogP contribution in [0.4, 0.5) is 0 Å². The average molecular weight is 587 g/mol. The molecule has 0 aromatic heterocycles. The monoisotopic (exact) mass is 586 g/mol. The van der Waals surface area contributed by atoms with E-state index in [1.54, 1.807) is 13.2 Å². The molecule has 0 amide bonds. The highest BCUT2D eigenvalue weighted by Gasteiger charge is 2.55. The van der Waals surface area contributed by atoms with Gasteiger partial charge in [0.15, 0.2) is 10.8 Å². The lowest BCUT2D eigenvalue weighted by Gasteiger charge is -2.47. The van der Waals surface area contributed by atoms with Gasteiger partial charge in [-0.3, -0.25) is 4.79 Å². The molecule has 8 nitrogen and oxygen atoms in total. The van der Waals surface area contributed by atoms with E-state index in [0.717, 1.165) is 16.9 Å². The second-order valence-corrected chi connectivity index (χ2v) is 11.1. The summed E-state index contributed by atoms with van der Waals surface area (Å²) in [6.45, 7) is 6.48. The van der Waals surface area contributed by atoms with E-state index < -0.39 is 11.2 Å². The molecule has 0 unspecified atom stereocenters. The fourth-order valence-electron chi connectivity index (χ4n) is 4.88. The van der Waals surface area contributed by atoms with E-state index in [9.17, 15) is 9.90 Å². The van der Waals surface area contributed by atoms with Gasteiger partial charge in [0, 0.05) is 25.4 Å². The molecular formula is C32H42O8S. The minimum Gasteiger partial charge on any atom is -0.499 e. The molecule has 41 heavy (non-hydrogen) atoms. The maximum atomic E-state index is 13.2. The lowest BCUT2D eigenvalue weighted by atomic mass is 9.77. The summed E-state index contributed by atoms with van der Waals surface area (Å²) in [6.07, 6.45) is 3.23. The van der Waals surface area contributed by atoms with Crippen LogP contribution >= 0.6 is 12.2 Å². The summed E-state index contributed by atoms with van der Waals surface area (Å²) in [4.78, 5) is 13.2. The molecule has 1 heterocycles.